The number of piperidine rings is 1. The molecule has 2 rings (SSSR count). The highest BCUT2D eigenvalue weighted by atomic mass is 79.9. The topological polar surface area (TPSA) is 61.4 Å². The molecule has 0 saturated carbocycles. The minimum absolute atomic E-state index is 0.00357. The molecule has 98 valence electrons. The smallest absolute Gasteiger partial charge is 0.255 e. The lowest BCUT2D eigenvalue weighted by Gasteiger charge is -2.28. The zero-order valence-corrected chi connectivity index (χ0v) is 11.8. The van der Waals surface area contributed by atoms with Crippen molar-refractivity contribution in [3.05, 3.63) is 28.2 Å². The molecule has 0 bridgehead atoms. The van der Waals surface area contributed by atoms with Crippen LogP contribution in [0.2, 0.25) is 0 Å². The van der Waals surface area contributed by atoms with E-state index in [9.17, 15) is 9.90 Å². The summed E-state index contributed by atoms with van der Waals surface area (Å²) in [7, 11) is 0. The maximum atomic E-state index is 12.0. The standard InChI is InChI=1S/C13H17BrN2O2/c1-8-6-10(4-5-15-8)16-13(18)11-3-2-9(14)7-12(11)17/h2-3,7-8,10,15,17H,4-6H2,1H3,(H,16,18). The summed E-state index contributed by atoms with van der Waals surface area (Å²) < 4.78 is 0.757. The number of carbonyl (C=O) groups excluding carboxylic acids is 1. The SMILES string of the molecule is CC1CC(NC(=O)c2ccc(Br)cc2O)CCN1. The predicted octanol–water partition coefficient (Wildman–Crippen LogP) is 2.02. The van der Waals surface area contributed by atoms with Gasteiger partial charge in [-0.3, -0.25) is 4.79 Å². The quantitative estimate of drug-likeness (QED) is 0.783. The first-order valence-corrected chi connectivity index (χ1v) is 6.88. The summed E-state index contributed by atoms with van der Waals surface area (Å²) in [5.74, 6) is -0.206. The Balaban J connectivity index is 2.03. The molecular weight excluding hydrogens is 296 g/mol. The highest BCUT2D eigenvalue weighted by Crippen LogP contribution is 2.22. The normalized spacial score (nSPS) is 23.7. The number of phenolic OH excluding ortho intramolecular Hbond substituents is 1. The summed E-state index contributed by atoms with van der Waals surface area (Å²) in [6, 6.07) is 5.50. The van der Waals surface area contributed by atoms with Crippen molar-refractivity contribution in [2.75, 3.05) is 6.54 Å². The van der Waals surface area contributed by atoms with E-state index in [4.69, 9.17) is 0 Å². The Morgan fingerprint density at radius 3 is 3.00 bits per heavy atom. The molecule has 3 N–H and O–H groups in total. The van der Waals surface area contributed by atoms with Crippen molar-refractivity contribution in [2.45, 2.75) is 31.8 Å². The summed E-state index contributed by atoms with van der Waals surface area (Å²) in [5.41, 5.74) is 0.324. The van der Waals surface area contributed by atoms with Gasteiger partial charge in [-0.05, 0) is 44.5 Å². The van der Waals surface area contributed by atoms with E-state index >= 15 is 0 Å². The predicted molar refractivity (Wildman–Crippen MR) is 73.8 cm³/mol. The van der Waals surface area contributed by atoms with Crippen LogP contribution in [-0.2, 0) is 0 Å². The molecule has 1 fully saturated rings. The molecule has 0 aliphatic carbocycles. The first kappa shape index (κ1) is 13.4. The van der Waals surface area contributed by atoms with Crippen LogP contribution in [0.3, 0.4) is 0 Å². The van der Waals surface area contributed by atoms with E-state index in [-0.39, 0.29) is 17.7 Å². The first-order valence-electron chi connectivity index (χ1n) is 6.09. The summed E-state index contributed by atoms with van der Waals surface area (Å²) in [5, 5.41) is 16.0. The summed E-state index contributed by atoms with van der Waals surface area (Å²) in [4.78, 5) is 12.0. The van der Waals surface area contributed by atoms with E-state index < -0.39 is 0 Å². The van der Waals surface area contributed by atoms with Crippen LogP contribution in [0.25, 0.3) is 0 Å². The van der Waals surface area contributed by atoms with Crippen molar-refractivity contribution in [2.24, 2.45) is 0 Å². The fraction of sp³-hybridized carbons (Fsp3) is 0.462. The average Bonchev–Trinajstić information content (AvgIpc) is 2.28. The van der Waals surface area contributed by atoms with Gasteiger partial charge < -0.3 is 15.7 Å². The zero-order chi connectivity index (χ0) is 13.1. The third-order valence-corrected chi connectivity index (χ3v) is 3.66. The van der Waals surface area contributed by atoms with Gasteiger partial charge in [-0.1, -0.05) is 15.9 Å². The van der Waals surface area contributed by atoms with Gasteiger partial charge in [-0.15, -0.1) is 0 Å². The Hall–Kier alpha value is -1.07. The molecule has 5 heteroatoms. The molecule has 4 nitrogen and oxygen atoms in total. The number of carbonyl (C=O) groups is 1. The molecule has 1 heterocycles. The maximum Gasteiger partial charge on any atom is 0.255 e. The Kier molecular flexibility index (Phi) is 4.24. The van der Waals surface area contributed by atoms with Crippen molar-refractivity contribution in [1.82, 2.24) is 10.6 Å². The Morgan fingerprint density at radius 1 is 1.56 bits per heavy atom. The average molecular weight is 313 g/mol. The molecule has 1 aromatic carbocycles. The van der Waals surface area contributed by atoms with Gasteiger partial charge in [0.05, 0.1) is 5.56 Å². The van der Waals surface area contributed by atoms with E-state index in [1.165, 1.54) is 6.07 Å². The monoisotopic (exact) mass is 312 g/mol. The molecule has 0 aromatic heterocycles. The molecule has 18 heavy (non-hydrogen) atoms. The number of aromatic hydroxyl groups is 1. The van der Waals surface area contributed by atoms with Crippen molar-refractivity contribution in [3.63, 3.8) is 0 Å². The second-order valence-electron chi connectivity index (χ2n) is 4.71. The van der Waals surface area contributed by atoms with E-state index in [0.29, 0.717) is 11.6 Å². The number of nitrogens with one attached hydrogen (secondary N) is 2. The Morgan fingerprint density at radius 2 is 2.33 bits per heavy atom. The van der Waals surface area contributed by atoms with Crippen LogP contribution in [0, 0.1) is 0 Å². The molecule has 0 radical (unpaired) electrons. The first-order chi connectivity index (χ1) is 8.56. The fourth-order valence-electron chi connectivity index (χ4n) is 2.22. The molecule has 1 aliphatic rings. The van der Waals surface area contributed by atoms with Crippen molar-refractivity contribution in [1.29, 1.82) is 0 Å². The fourth-order valence-corrected chi connectivity index (χ4v) is 2.57. The zero-order valence-electron chi connectivity index (χ0n) is 10.2. The van der Waals surface area contributed by atoms with E-state index in [1.807, 2.05) is 0 Å². The highest BCUT2D eigenvalue weighted by molar-refractivity contribution is 9.10. The van der Waals surface area contributed by atoms with Crippen LogP contribution in [0.4, 0.5) is 0 Å². The lowest BCUT2D eigenvalue weighted by Crippen LogP contribution is -2.46. The second-order valence-corrected chi connectivity index (χ2v) is 5.63. The molecule has 1 aliphatic heterocycles. The Labute approximate surface area is 115 Å². The van der Waals surface area contributed by atoms with Crippen molar-refractivity contribution >= 4 is 21.8 Å². The molecule has 2 atom stereocenters. The molecule has 2 unspecified atom stereocenters. The number of hydrogen-bond donors (Lipinski definition) is 3. The number of benzene rings is 1. The van der Waals surface area contributed by atoms with Gasteiger partial charge >= 0.3 is 0 Å². The minimum Gasteiger partial charge on any atom is -0.507 e. The van der Waals surface area contributed by atoms with Gasteiger partial charge in [-0.2, -0.15) is 0 Å². The molecule has 0 spiro atoms. The van der Waals surface area contributed by atoms with Crippen LogP contribution in [0.5, 0.6) is 5.75 Å². The number of rotatable bonds is 2. The lowest BCUT2D eigenvalue weighted by molar-refractivity contribution is 0.0923. The van der Waals surface area contributed by atoms with Gasteiger partial charge in [0, 0.05) is 16.6 Å². The van der Waals surface area contributed by atoms with Gasteiger partial charge in [0.25, 0.3) is 5.91 Å². The van der Waals surface area contributed by atoms with Crippen LogP contribution >= 0.6 is 15.9 Å². The van der Waals surface area contributed by atoms with E-state index in [0.717, 1.165) is 23.9 Å². The van der Waals surface area contributed by atoms with Crippen LogP contribution in [0.15, 0.2) is 22.7 Å². The maximum absolute atomic E-state index is 12.0. The van der Waals surface area contributed by atoms with Crippen LogP contribution in [-0.4, -0.2) is 29.6 Å². The molecule has 1 saturated heterocycles. The van der Waals surface area contributed by atoms with E-state index in [1.54, 1.807) is 12.1 Å². The van der Waals surface area contributed by atoms with Gasteiger partial charge in [0.1, 0.15) is 5.75 Å². The second kappa shape index (κ2) is 5.71. The minimum atomic E-state index is -0.209. The van der Waals surface area contributed by atoms with Crippen LogP contribution < -0.4 is 10.6 Å². The molecular formula is C13H17BrN2O2. The summed E-state index contributed by atoms with van der Waals surface area (Å²) in [6.07, 6.45) is 1.84. The van der Waals surface area contributed by atoms with Gasteiger partial charge in [0.2, 0.25) is 0 Å². The number of amides is 1. The number of hydrogen-bond acceptors (Lipinski definition) is 3. The molecule has 1 amide bonds. The van der Waals surface area contributed by atoms with E-state index in [2.05, 4.69) is 33.5 Å². The van der Waals surface area contributed by atoms with Crippen molar-refractivity contribution < 1.29 is 9.90 Å². The van der Waals surface area contributed by atoms with Crippen molar-refractivity contribution in [3.8, 4) is 5.75 Å². The number of phenols is 1. The third kappa shape index (κ3) is 3.23. The Bertz CT molecular complexity index is 451. The lowest BCUT2D eigenvalue weighted by atomic mass is 10.00. The van der Waals surface area contributed by atoms with Crippen LogP contribution in [0.1, 0.15) is 30.1 Å². The van der Waals surface area contributed by atoms with Gasteiger partial charge in [-0.25, -0.2) is 0 Å². The summed E-state index contributed by atoms with van der Waals surface area (Å²) in [6.45, 7) is 3.02. The molecule has 1 aromatic rings. The van der Waals surface area contributed by atoms with Gasteiger partial charge in [0.15, 0.2) is 0 Å². The summed E-state index contributed by atoms with van der Waals surface area (Å²) >= 11 is 3.25. The largest absolute Gasteiger partial charge is 0.507 e. The highest BCUT2D eigenvalue weighted by Gasteiger charge is 2.21. The third-order valence-electron chi connectivity index (χ3n) is 3.16. The number of halogens is 1.